The molecule has 3 rings (SSSR count). The van der Waals surface area contributed by atoms with Gasteiger partial charge in [0.2, 0.25) is 0 Å². The minimum Gasteiger partial charge on any atom is -0.189 e. The molecule has 4 heteroatoms. The fourth-order valence-corrected chi connectivity index (χ4v) is 2.87. The van der Waals surface area contributed by atoms with Crippen LogP contribution >= 0.6 is 0 Å². The summed E-state index contributed by atoms with van der Waals surface area (Å²) in [7, 11) is -4.76. The second kappa shape index (κ2) is 5.73. The van der Waals surface area contributed by atoms with Crippen LogP contribution in [0.3, 0.4) is 0 Å². The van der Waals surface area contributed by atoms with Gasteiger partial charge in [-0.2, -0.15) is 8.42 Å². The molecule has 0 aromatic heterocycles. The van der Waals surface area contributed by atoms with Crippen LogP contribution in [-0.4, -0.2) is 8.42 Å². The molecule has 110 valence electrons. The van der Waals surface area contributed by atoms with Crippen LogP contribution in [0.25, 0.3) is 22.3 Å². The average molecular weight is 312 g/mol. The molecule has 0 atom stereocenters. The van der Waals surface area contributed by atoms with Crippen LogP contribution in [0.1, 0.15) is 0 Å². The zero-order valence-electron chi connectivity index (χ0n) is 11.6. The van der Waals surface area contributed by atoms with Crippen molar-refractivity contribution in [2.45, 2.75) is 4.90 Å². The number of benzene rings is 3. The van der Waals surface area contributed by atoms with Crippen molar-refractivity contribution in [1.29, 1.82) is 0 Å². The van der Waals surface area contributed by atoms with E-state index in [0.29, 0.717) is 11.1 Å². The van der Waals surface area contributed by atoms with E-state index in [1.54, 1.807) is 0 Å². The van der Waals surface area contributed by atoms with Crippen molar-refractivity contribution < 1.29 is 12.3 Å². The normalized spacial score (nSPS) is 11.3. The molecule has 0 fully saturated rings. The van der Waals surface area contributed by atoms with E-state index < -0.39 is 10.2 Å². The molecule has 22 heavy (non-hydrogen) atoms. The van der Waals surface area contributed by atoms with Crippen molar-refractivity contribution in [3.8, 4) is 22.3 Å². The van der Waals surface area contributed by atoms with Gasteiger partial charge in [0, 0.05) is 0 Å². The SMILES string of the molecule is O=S(=O)(F)c1cc(-c2ccccc2)cc(-c2ccccc2)c1. The predicted molar refractivity (Wildman–Crippen MR) is 85.6 cm³/mol. The van der Waals surface area contributed by atoms with Gasteiger partial charge >= 0.3 is 10.2 Å². The van der Waals surface area contributed by atoms with Crippen LogP contribution in [0.4, 0.5) is 3.89 Å². The Hall–Kier alpha value is -2.46. The van der Waals surface area contributed by atoms with Gasteiger partial charge in [-0.1, -0.05) is 60.7 Å². The zero-order chi connectivity index (χ0) is 15.6. The summed E-state index contributed by atoms with van der Waals surface area (Å²) < 4.78 is 36.2. The van der Waals surface area contributed by atoms with E-state index in [0.717, 1.165) is 11.1 Å². The van der Waals surface area contributed by atoms with Crippen molar-refractivity contribution in [2.24, 2.45) is 0 Å². The maximum absolute atomic E-state index is 13.5. The van der Waals surface area contributed by atoms with Gasteiger partial charge in [-0.15, -0.1) is 3.89 Å². The second-order valence-corrected chi connectivity index (χ2v) is 6.26. The minimum atomic E-state index is -4.76. The van der Waals surface area contributed by atoms with Crippen LogP contribution in [0.15, 0.2) is 83.8 Å². The molecule has 3 aromatic rings. The topological polar surface area (TPSA) is 34.1 Å². The maximum Gasteiger partial charge on any atom is 0.332 e. The molecule has 0 saturated carbocycles. The average Bonchev–Trinajstić information content (AvgIpc) is 2.55. The smallest absolute Gasteiger partial charge is 0.189 e. The number of hydrogen-bond donors (Lipinski definition) is 0. The highest BCUT2D eigenvalue weighted by Crippen LogP contribution is 2.30. The lowest BCUT2D eigenvalue weighted by molar-refractivity contribution is 0.552. The summed E-state index contributed by atoms with van der Waals surface area (Å²) in [5.74, 6) is 0. The van der Waals surface area contributed by atoms with E-state index in [1.165, 1.54) is 12.1 Å². The van der Waals surface area contributed by atoms with Gasteiger partial charge in [0.05, 0.1) is 4.90 Å². The van der Waals surface area contributed by atoms with Gasteiger partial charge in [0.25, 0.3) is 0 Å². The van der Waals surface area contributed by atoms with E-state index in [9.17, 15) is 12.3 Å². The van der Waals surface area contributed by atoms with Crippen molar-refractivity contribution in [3.05, 3.63) is 78.9 Å². The van der Waals surface area contributed by atoms with E-state index in [2.05, 4.69) is 0 Å². The fraction of sp³-hybridized carbons (Fsp3) is 0. The van der Waals surface area contributed by atoms with Crippen LogP contribution in [0.5, 0.6) is 0 Å². The Bertz CT molecular complexity index is 831. The number of halogens is 1. The standard InChI is InChI=1S/C18H13FO2S/c19-22(20,21)18-12-16(14-7-3-1-4-8-14)11-17(13-18)15-9-5-2-6-10-15/h1-13H. The molecule has 0 bridgehead atoms. The highest BCUT2D eigenvalue weighted by Gasteiger charge is 2.15. The molecule has 0 amide bonds. The highest BCUT2D eigenvalue weighted by atomic mass is 32.3. The Labute approximate surface area is 129 Å². The third kappa shape index (κ3) is 3.07. The van der Waals surface area contributed by atoms with Gasteiger partial charge in [-0.25, -0.2) is 0 Å². The summed E-state index contributed by atoms with van der Waals surface area (Å²) in [5.41, 5.74) is 3.01. The van der Waals surface area contributed by atoms with Crippen LogP contribution in [0, 0.1) is 0 Å². The molecule has 0 spiro atoms. The fourth-order valence-electron chi connectivity index (χ4n) is 2.33. The summed E-state index contributed by atoms with van der Waals surface area (Å²) >= 11 is 0. The zero-order valence-corrected chi connectivity index (χ0v) is 12.4. The molecule has 0 heterocycles. The van der Waals surface area contributed by atoms with Crippen molar-refractivity contribution in [3.63, 3.8) is 0 Å². The van der Waals surface area contributed by atoms with Crippen molar-refractivity contribution in [1.82, 2.24) is 0 Å². The highest BCUT2D eigenvalue weighted by molar-refractivity contribution is 7.86. The summed E-state index contributed by atoms with van der Waals surface area (Å²) in [6.07, 6.45) is 0. The second-order valence-electron chi connectivity index (χ2n) is 4.92. The predicted octanol–water partition coefficient (Wildman–Crippen LogP) is 4.68. The molecule has 0 aliphatic rings. The Morgan fingerprint density at radius 2 is 1.00 bits per heavy atom. The van der Waals surface area contributed by atoms with E-state index >= 15 is 0 Å². The first-order valence-corrected chi connectivity index (χ1v) is 8.13. The minimum absolute atomic E-state index is 0.326. The largest absolute Gasteiger partial charge is 0.332 e. The van der Waals surface area contributed by atoms with Crippen LogP contribution < -0.4 is 0 Å². The first kappa shape index (κ1) is 14.5. The summed E-state index contributed by atoms with van der Waals surface area (Å²) in [6.45, 7) is 0. The van der Waals surface area contributed by atoms with Gasteiger partial charge in [0.1, 0.15) is 0 Å². The Kier molecular flexibility index (Phi) is 3.77. The van der Waals surface area contributed by atoms with Gasteiger partial charge in [-0.05, 0) is 40.5 Å². The first-order chi connectivity index (χ1) is 10.5. The summed E-state index contributed by atoms with van der Waals surface area (Å²) in [5, 5.41) is 0. The lowest BCUT2D eigenvalue weighted by Gasteiger charge is -2.08. The summed E-state index contributed by atoms with van der Waals surface area (Å²) in [6, 6.07) is 23.2. The summed E-state index contributed by atoms with van der Waals surface area (Å²) in [4.78, 5) is -0.326. The van der Waals surface area contributed by atoms with Gasteiger partial charge in [-0.3, -0.25) is 0 Å². The maximum atomic E-state index is 13.5. The quantitative estimate of drug-likeness (QED) is 0.658. The lowest BCUT2D eigenvalue weighted by atomic mass is 9.99. The molecule has 0 radical (unpaired) electrons. The molecule has 0 saturated heterocycles. The molecule has 3 aromatic carbocycles. The molecular weight excluding hydrogens is 299 g/mol. The number of rotatable bonds is 3. The third-order valence-corrected chi connectivity index (χ3v) is 4.20. The molecule has 0 aliphatic heterocycles. The van der Waals surface area contributed by atoms with Crippen molar-refractivity contribution >= 4 is 10.2 Å². The van der Waals surface area contributed by atoms with E-state index in [1.807, 2.05) is 66.7 Å². The molecule has 0 aliphatic carbocycles. The van der Waals surface area contributed by atoms with Gasteiger partial charge in [0.15, 0.2) is 0 Å². The molecule has 2 nitrogen and oxygen atoms in total. The Morgan fingerprint density at radius 1 is 0.591 bits per heavy atom. The first-order valence-electron chi connectivity index (χ1n) is 6.75. The van der Waals surface area contributed by atoms with Crippen LogP contribution in [0.2, 0.25) is 0 Å². The van der Waals surface area contributed by atoms with E-state index in [4.69, 9.17) is 0 Å². The van der Waals surface area contributed by atoms with Crippen molar-refractivity contribution in [2.75, 3.05) is 0 Å². The third-order valence-electron chi connectivity index (χ3n) is 3.40. The van der Waals surface area contributed by atoms with Gasteiger partial charge < -0.3 is 0 Å². The molecule has 0 N–H and O–H groups in total. The monoisotopic (exact) mass is 312 g/mol. The molecular formula is C18H13FO2S. The Balaban J connectivity index is 2.24. The molecule has 0 unspecified atom stereocenters. The number of hydrogen-bond acceptors (Lipinski definition) is 2. The Morgan fingerprint density at radius 3 is 1.36 bits per heavy atom. The van der Waals surface area contributed by atoms with E-state index in [-0.39, 0.29) is 4.90 Å². The lowest BCUT2D eigenvalue weighted by Crippen LogP contribution is -1.94. The van der Waals surface area contributed by atoms with Crippen LogP contribution in [-0.2, 0) is 10.2 Å².